The Hall–Kier alpha value is -3.61. The fraction of sp³-hybridized carbons (Fsp3) is 0.100. The Labute approximate surface area is 155 Å². The van der Waals surface area contributed by atoms with Crippen LogP contribution in [0.1, 0.15) is 10.4 Å². The maximum Gasteiger partial charge on any atom is 0.257 e. The van der Waals surface area contributed by atoms with Gasteiger partial charge >= 0.3 is 0 Å². The molecule has 0 aliphatic carbocycles. The van der Waals surface area contributed by atoms with E-state index in [2.05, 4.69) is 15.6 Å². The van der Waals surface area contributed by atoms with Crippen molar-refractivity contribution in [1.82, 2.24) is 4.98 Å². The van der Waals surface area contributed by atoms with Crippen LogP contribution in [0.4, 0.5) is 21.5 Å². The normalized spacial score (nSPS) is 12.3. The van der Waals surface area contributed by atoms with Crippen LogP contribution in [0.15, 0.2) is 60.9 Å². The smallest absolute Gasteiger partial charge is 0.257 e. The highest BCUT2D eigenvalue weighted by Crippen LogP contribution is 2.32. The van der Waals surface area contributed by atoms with Gasteiger partial charge in [-0.1, -0.05) is 6.07 Å². The van der Waals surface area contributed by atoms with Crippen molar-refractivity contribution < 1.29 is 18.7 Å². The highest BCUT2D eigenvalue weighted by Gasteiger charge is 2.14. The van der Waals surface area contributed by atoms with Crippen molar-refractivity contribution in [3.05, 3.63) is 72.3 Å². The molecule has 6 nitrogen and oxygen atoms in total. The Kier molecular flexibility index (Phi) is 4.57. The van der Waals surface area contributed by atoms with E-state index in [1.165, 1.54) is 18.3 Å². The van der Waals surface area contributed by atoms with Crippen LogP contribution < -0.4 is 20.1 Å². The third kappa shape index (κ3) is 3.98. The Morgan fingerprint density at radius 2 is 1.78 bits per heavy atom. The number of rotatable bonds is 4. The molecule has 2 heterocycles. The zero-order valence-corrected chi connectivity index (χ0v) is 14.2. The summed E-state index contributed by atoms with van der Waals surface area (Å²) in [7, 11) is 0. The number of carbonyl (C=O) groups excluding carboxylic acids is 1. The minimum atomic E-state index is -0.347. The van der Waals surface area contributed by atoms with E-state index in [1.807, 2.05) is 0 Å². The number of fused-ring (bicyclic) bond motifs is 1. The summed E-state index contributed by atoms with van der Waals surface area (Å²) < 4.78 is 24.3. The molecule has 7 heteroatoms. The number of hydrogen-bond acceptors (Lipinski definition) is 5. The van der Waals surface area contributed by atoms with Gasteiger partial charge in [0.1, 0.15) is 19.0 Å². The monoisotopic (exact) mass is 365 g/mol. The number of halogens is 1. The average Bonchev–Trinajstić information content (AvgIpc) is 2.68. The molecule has 0 bridgehead atoms. The maximum absolute atomic E-state index is 13.3. The first kappa shape index (κ1) is 16.8. The molecule has 1 aliphatic rings. The van der Waals surface area contributed by atoms with Gasteiger partial charge in [-0.05, 0) is 36.4 Å². The number of benzene rings is 2. The number of hydrogen-bond donors (Lipinski definition) is 2. The molecule has 0 spiro atoms. The first-order valence-electron chi connectivity index (χ1n) is 8.36. The summed E-state index contributed by atoms with van der Waals surface area (Å²) in [6.07, 6.45) is 3.02. The lowest BCUT2D eigenvalue weighted by molar-refractivity contribution is 0.102. The number of nitrogens with zero attached hydrogens (tertiary/aromatic N) is 1. The van der Waals surface area contributed by atoms with E-state index in [9.17, 15) is 9.18 Å². The molecule has 1 aliphatic heterocycles. The summed E-state index contributed by atoms with van der Waals surface area (Å²) in [5.74, 6) is 0.587. The highest BCUT2D eigenvalue weighted by atomic mass is 19.1. The van der Waals surface area contributed by atoms with Crippen LogP contribution in [0.5, 0.6) is 11.5 Å². The number of amides is 1. The molecule has 136 valence electrons. The lowest BCUT2D eigenvalue weighted by Gasteiger charge is -2.19. The van der Waals surface area contributed by atoms with E-state index in [0.717, 1.165) is 0 Å². The van der Waals surface area contributed by atoms with E-state index in [-0.39, 0.29) is 11.7 Å². The molecule has 0 unspecified atom stereocenters. The van der Waals surface area contributed by atoms with Gasteiger partial charge in [-0.15, -0.1) is 0 Å². The number of aromatic nitrogens is 1. The van der Waals surface area contributed by atoms with E-state index in [0.29, 0.717) is 47.3 Å². The van der Waals surface area contributed by atoms with Crippen molar-refractivity contribution >= 4 is 23.0 Å². The topological polar surface area (TPSA) is 72.5 Å². The van der Waals surface area contributed by atoms with Gasteiger partial charge in [-0.3, -0.25) is 9.78 Å². The average molecular weight is 365 g/mol. The second kappa shape index (κ2) is 7.33. The zero-order chi connectivity index (χ0) is 18.6. The zero-order valence-electron chi connectivity index (χ0n) is 14.2. The molecular weight excluding hydrogens is 349 g/mol. The molecule has 27 heavy (non-hydrogen) atoms. The summed E-state index contributed by atoms with van der Waals surface area (Å²) in [5.41, 5.74) is 2.11. The highest BCUT2D eigenvalue weighted by molar-refractivity contribution is 6.04. The number of pyridine rings is 1. The third-order valence-electron chi connectivity index (χ3n) is 3.91. The number of carbonyl (C=O) groups is 1. The predicted octanol–water partition coefficient (Wildman–Crippen LogP) is 3.99. The van der Waals surface area contributed by atoms with E-state index >= 15 is 0 Å². The summed E-state index contributed by atoms with van der Waals surface area (Å²) in [6, 6.07) is 12.9. The van der Waals surface area contributed by atoms with Crippen molar-refractivity contribution in [3.63, 3.8) is 0 Å². The molecular formula is C20H16FN3O3. The Balaban J connectivity index is 1.49. The van der Waals surface area contributed by atoms with Crippen molar-refractivity contribution in [2.24, 2.45) is 0 Å². The third-order valence-corrected chi connectivity index (χ3v) is 3.91. The number of ether oxygens (including phenoxy) is 2. The molecule has 4 rings (SSSR count). The molecule has 1 aromatic heterocycles. The maximum atomic E-state index is 13.3. The largest absolute Gasteiger partial charge is 0.486 e. The van der Waals surface area contributed by atoms with Gasteiger partial charge in [0.15, 0.2) is 11.5 Å². The SMILES string of the molecule is O=C(Nc1ccc2c(c1)OCCO2)c1cncc(Nc2cccc(F)c2)c1. The Bertz CT molecular complexity index is 994. The van der Waals surface area contributed by atoms with E-state index in [4.69, 9.17) is 9.47 Å². The van der Waals surface area contributed by atoms with Gasteiger partial charge in [0.25, 0.3) is 5.91 Å². The van der Waals surface area contributed by atoms with Gasteiger partial charge in [0, 0.05) is 23.6 Å². The minimum absolute atomic E-state index is 0.318. The molecule has 1 amide bonds. The molecule has 0 fully saturated rings. The molecule has 0 atom stereocenters. The summed E-state index contributed by atoms with van der Waals surface area (Å²) in [6.45, 7) is 0.984. The van der Waals surface area contributed by atoms with Crippen LogP contribution in [0.2, 0.25) is 0 Å². The van der Waals surface area contributed by atoms with Crippen LogP contribution in [0, 0.1) is 5.82 Å². The second-order valence-corrected chi connectivity index (χ2v) is 5.91. The lowest BCUT2D eigenvalue weighted by atomic mass is 10.2. The summed E-state index contributed by atoms with van der Waals surface area (Å²) in [4.78, 5) is 16.6. The van der Waals surface area contributed by atoms with Gasteiger partial charge in [0.05, 0.1) is 17.4 Å². The lowest BCUT2D eigenvalue weighted by Crippen LogP contribution is -2.16. The molecule has 2 aromatic carbocycles. The van der Waals surface area contributed by atoms with Crippen molar-refractivity contribution in [2.45, 2.75) is 0 Å². The van der Waals surface area contributed by atoms with Crippen LogP contribution in [0.25, 0.3) is 0 Å². The fourth-order valence-electron chi connectivity index (χ4n) is 2.69. The first-order valence-corrected chi connectivity index (χ1v) is 8.36. The summed E-state index contributed by atoms with van der Waals surface area (Å²) >= 11 is 0. The number of nitrogens with one attached hydrogen (secondary N) is 2. The van der Waals surface area contributed by atoms with Gasteiger partial charge < -0.3 is 20.1 Å². The quantitative estimate of drug-likeness (QED) is 0.731. The van der Waals surface area contributed by atoms with Crippen LogP contribution >= 0.6 is 0 Å². The predicted molar refractivity (Wildman–Crippen MR) is 99.3 cm³/mol. The van der Waals surface area contributed by atoms with Crippen LogP contribution in [0.3, 0.4) is 0 Å². The first-order chi connectivity index (χ1) is 13.2. The van der Waals surface area contributed by atoms with E-state index < -0.39 is 0 Å². The number of anilines is 3. The van der Waals surface area contributed by atoms with E-state index in [1.54, 1.807) is 42.6 Å². The minimum Gasteiger partial charge on any atom is -0.486 e. The molecule has 2 N–H and O–H groups in total. The summed E-state index contributed by atoms with van der Waals surface area (Å²) in [5, 5.41) is 5.83. The molecule has 0 radical (unpaired) electrons. The second-order valence-electron chi connectivity index (χ2n) is 5.91. The van der Waals surface area contributed by atoms with Crippen molar-refractivity contribution in [1.29, 1.82) is 0 Å². The Morgan fingerprint density at radius 3 is 2.63 bits per heavy atom. The van der Waals surface area contributed by atoms with Gasteiger partial charge in [-0.25, -0.2) is 4.39 Å². The fourth-order valence-corrected chi connectivity index (χ4v) is 2.69. The van der Waals surface area contributed by atoms with Crippen molar-refractivity contribution in [2.75, 3.05) is 23.8 Å². The molecule has 0 saturated carbocycles. The standard InChI is InChI=1S/C20H16FN3O3/c21-14-2-1-3-15(9-14)23-17-8-13(11-22-12-17)20(25)24-16-4-5-18-19(10-16)27-7-6-26-18/h1-5,8-12,23H,6-7H2,(H,24,25). The van der Waals surface area contributed by atoms with Crippen molar-refractivity contribution in [3.8, 4) is 11.5 Å². The van der Waals surface area contributed by atoms with Crippen LogP contribution in [-0.4, -0.2) is 24.1 Å². The Morgan fingerprint density at radius 1 is 0.926 bits per heavy atom. The van der Waals surface area contributed by atoms with Gasteiger partial charge in [-0.2, -0.15) is 0 Å². The molecule has 3 aromatic rings. The van der Waals surface area contributed by atoms with Crippen LogP contribution in [-0.2, 0) is 0 Å². The molecule has 0 saturated heterocycles. The van der Waals surface area contributed by atoms with Gasteiger partial charge in [0.2, 0.25) is 0 Å².